The molecule has 4 heteroatoms. The number of rotatable bonds is 1. The molecule has 0 unspecified atom stereocenters. The molecule has 9 heavy (non-hydrogen) atoms. The van der Waals surface area contributed by atoms with Gasteiger partial charge in [0, 0.05) is 6.54 Å². The summed E-state index contributed by atoms with van der Waals surface area (Å²) in [5.41, 5.74) is 0. The maximum Gasteiger partial charge on any atom is 0.252 e. The smallest absolute Gasteiger partial charge is 0.252 e. The molecule has 1 rings (SSSR count). The second kappa shape index (κ2) is 2.27. The summed E-state index contributed by atoms with van der Waals surface area (Å²) in [7, 11) is 0. The van der Waals surface area contributed by atoms with Crippen molar-refractivity contribution in [2.75, 3.05) is 0 Å². The van der Waals surface area contributed by atoms with Crippen molar-refractivity contribution in [3.8, 4) is 6.07 Å². The van der Waals surface area contributed by atoms with Crippen LogP contribution in [0.25, 0.3) is 0 Å². The van der Waals surface area contributed by atoms with E-state index in [1.165, 1.54) is 0 Å². The zero-order valence-electron chi connectivity index (χ0n) is 5.07. The van der Waals surface area contributed by atoms with Gasteiger partial charge in [-0.2, -0.15) is 5.26 Å². The van der Waals surface area contributed by atoms with Gasteiger partial charge in [-0.15, -0.1) is 5.10 Å². The van der Waals surface area contributed by atoms with Crippen molar-refractivity contribution in [1.29, 1.82) is 5.26 Å². The summed E-state index contributed by atoms with van der Waals surface area (Å²) >= 11 is 0. The van der Waals surface area contributed by atoms with Crippen LogP contribution in [0.3, 0.4) is 0 Å². The van der Waals surface area contributed by atoms with Crippen LogP contribution >= 0.6 is 0 Å². The van der Waals surface area contributed by atoms with Gasteiger partial charge in [-0.3, -0.25) is 4.68 Å². The molecule has 0 spiro atoms. The lowest BCUT2D eigenvalue weighted by atomic mass is 10.7. The highest BCUT2D eigenvalue weighted by Gasteiger charge is 1.93. The molecule has 0 fully saturated rings. The Morgan fingerprint density at radius 1 is 1.89 bits per heavy atom. The quantitative estimate of drug-likeness (QED) is 0.533. The molecule has 1 heterocycles. The van der Waals surface area contributed by atoms with Crippen LogP contribution in [0.5, 0.6) is 0 Å². The van der Waals surface area contributed by atoms with Crippen LogP contribution in [0.15, 0.2) is 6.33 Å². The third-order valence-corrected chi connectivity index (χ3v) is 0.960. The molecular formula is C5H6N4. The van der Waals surface area contributed by atoms with Crippen molar-refractivity contribution in [1.82, 2.24) is 14.8 Å². The highest BCUT2D eigenvalue weighted by atomic mass is 15.3. The van der Waals surface area contributed by atoms with E-state index in [0.29, 0.717) is 0 Å². The molecule has 0 N–H and O–H groups in total. The lowest BCUT2D eigenvalue weighted by Gasteiger charge is -1.86. The van der Waals surface area contributed by atoms with Crippen molar-refractivity contribution in [2.24, 2.45) is 0 Å². The lowest BCUT2D eigenvalue weighted by Crippen LogP contribution is -1.93. The Morgan fingerprint density at radius 3 is 3.00 bits per heavy atom. The highest BCUT2D eigenvalue weighted by Crippen LogP contribution is 1.84. The Bertz CT molecular complexity index is 231. The van der Waals surface area contributed by atoms with Crippen LogP contribution in [0.4, 0.5) is 0 Å². The van der Waals surface area contributed by atoms with Gasteiger partial charge in [-0.1, -0.05) is 0 Å². The number of hydrogen-bond donors (Lipinski definition) is 0. The lowest BCUT2D eigenvalue weighted by molar-refractivity contribution is 0.656. The van der Waals surface area contributed by atoms with Gasteiger partial charge in [0.25, 0.3) is 5.82 Å². The van der Waals surface area contributed by atoms with E-state index in [9.17, 15) is 0 Å². The molecule has 46 valence electrons. The zero-order valence-corrected chi connectivity index (χ0v) is 5.07. The van der Waals surface area contributed by atoms with Crippen LogP contribution in [-0.4, -0.2) is 14.8 Å². The van der Waals surface area contributed by atoms with E-state index in [1.807, 2.05) is 13.0 Å². The van der Waals surface area contributed by atoms with Gasteiger partial charge in [0.1, 0.15) is 12.4 Å². The molecule has 0 aliphatic heterocycles. The molecule has 0 atom stereocenters. The number of nitriles is 1. The van der Waals surface area contributed by atoms with Crippen molar-refractivity contribution in [2.45, 2.75) is 13.5 Å². The van der Waals surface area contributed by atoms with Crippen molar-refractivity contribution in [3.05, 3.63) is 12.2 Å². The maximum absolute atomic E-state index is 8.26. The molecule has 0 radical (unpaired) electrons. The fourth-order valence-electron chi connectivity index (χ4n) is 0.498. The molecule has 1 aromatic heterocycles. The van der Waals surface area contributed by atoms with Gasteiger partial charge >= 0.3 is 0 Å². The standard InChI is InChI=1S/C5H6N4/c1-2-9-4-7-5(3-6)8-9/h4H,2H2,1H3. The second-order valence-corrected chi connectivity index (χ2v) is 1.54. The van der Waals surface area contributed by atoms with E-state index in [1.54, 1.807) is 11.0 Å². The van der Waals surface area contributed by atoms with Gasteiger partial charge in [-0.25, -0.2) is 4.98 Å². The van der Waals surface area contributed by atoms with Gasteiger partial charge < -0.3 is 0 Å². The van der Waals surface area contributed by atoms with E-state index in [-0.39, 0.29) is 5.82 Å². The first-order valence-electron chi connectivity index (χ1n) is 2.66. The van der Waals surface area contributed by atoms with Gasteiger partial charge in [0.05, 0.1) is 0 Å². The predicted octanol–water partition coefficient (Wildman–Crippen LogP) is 0.170. The molecule has 0 bridgehead atoms. The Labute approximate surface area is 52.7 Å². The number of aryl methyl sites for hydroxylation is 1. The Kier molecular flexibility index (Phi) is 1.45. The number of nitrogens with zero attached hydrogens (tertiary/aromatic N) is 4. The minimum atomic E-state index is 0.233. The summed E-state index contributed by atoms with van der Waals surface area (Å²) in [6.45, 7) is 2.70. The Balaban J connectivity index is 2.90. The van der Waals surface area contributed by atoms with Gasteiger partial charge in [-0.05, 0) is 6.92 Å². The average molecular weight is 122 g/mol. The first-order chi connectivity index (χ1) is 4.36. The average Bonchev–Trinajstić information content (AvgIpc) is 2.34. The van der Waals surface area contributed by atoms with Crippen LogP contribution in [0.2, 0.25) is 0 Å². The highest BCUT2D eigenvalue weighted by molar-refractivity contribution is 5.05. The summed E-state index contributed by atoms with van der Waals surface area (Å²) in [5, 5.41) is 12.0. The fraction of sp³-hybridized carbons (Fsp3) is 0.400. The summed E-state index contributed by atoms with van der Waals surface area (Å²) in [6, 6.07) is 1.84. The monoisotopic (exact) mass is 122 g/mol. The molecule has 0 aliphatic carbocycles. The van der Waals surface area contributed by atoms with Crippen molar-refractivity contribution < 1.29 is 0 Å². The Morgan fingerprint density at radius 2 is 2.67 bits per heavy atom. The minimum absolute atomic E-state index is 0.233. The largest absolute Gasteiger partial charge is 0.252 e. The third kappa shape index (κ3) is 1.05. The van der Waals surface area contributed by atoms with Crippen LogP contribution in [0.1, 0.15) is 12.7 Å². The zero-order chi connectivity index (χ0) is 6.69. The summed E-state index contributed by atoms with van der Waals surface area (Å²) in [4.78, 5) is 3.70. The van der Waals surface area contributed by atoms with E-state index >= 15 is 0 Å². The molecule has 0 amide bonds. The maximum atomic E-state index is 8.26. The van der Waals surface area contributed by atoms with E-state index in [0.717, 1.165) is 6.54 Å². The topological polar surface area (TPSA) is 54.5 Å². The summed E-state index contributed by atoms with van der Waals surface area (Å²) < 4.78 is 1.61. The minimum Gasteiger partial charge on any atom is -0.252 e. The first-order valence-corrected chi connectivity index (χ1v) is 2.66. The molecule has 0 aromatic carbocycles. The fourth-order valence-corrected chi connectivity index (χ4v) is 0.498. The van der Waals surface area contributed by atoms with Crippen molar-refractivity contribution >= 4 is 0 Å². The molecule has 0 aliphatic rings. The number of aromatic nitrogens is 3. The van der Waals surface area contributed by atoms with E-state index in [4.69, 9.17) is 5.26 Å². The molecule has 0 saturated carbocycles. The SMILES string of the molecule is CCn1cnc(C#N)n1. The molecular weight excluding hydrogens is 116 g/mol. The predicted molar refractivity (Wildman–Crippen MR) is 30.4 cm³/mol. The third-order valence-electron chi connectivity index (χ3n) is 0.960. The summed E-state index contributed by atoms with van der Waals surface area (Å²) in [6.07, 6.45) is 1.54. The molecule has 4 nitrogen and oxygen atoms in total. The van der Waals surface area contributed by atoms with Gasteiger partial charge in [0.15, 0.2) is 0 Å². The van der Waals surface area contributed by atoms with E-state index in [2.05, 4.69) is 10.1 Å². The normalized spacial score (nSPS) is 8.89. The van der Waals surface area contributed by atoms with Crippen LogP contribution in [0, 0.1) is 11.3 Å². The van der Waals surface area contributed by atoms with Crippen LogP contribution < -0.4 is 0 Å². The molecule has 1 aromatic rings. The Hall–Kier alpha value is -1.37. The number of hydrogen-bond acceptors (Lipinski definition) is 3. The first kappa shape index (κ1) is 5.76. The summed E-state index contributed by atoms with van der Waals surface area (Å²) in [5.74, 6) is 0.233. The van der Waals surface area contributed by atoms with Crippen molar-refractivity contribution in [3.63, 3.8) is 0 Å². The van der Waals surface area contributed by atoms with Crippen LogP contribution in [-0.2, 0) is 6.54 Å². The second-order valence-electron chi connectivity index (χ2n) is 1.54. The van der Waals surface area contributed by atoms with Gasteiger partial charge in [0.2, 0.25) is 0 Å². The molecule has 0 saturated heterocycles. The van der Waals surface area contributed by atoms with E-state index < -0.39 is 0 Å².